The Morgan fingerprint density at radius 3 is 2.84 bits per heavy atom. The van der Waals surface area contributed by atoms with Crippen LogP contribution in [0.3, 0.4) is 0 Å². The summed E-state index contributed by atoms with van der Waals surface area (Å²) >= 11 is 6.36. The average Bonchev–Trinajstić information content (AvgIpc) is 2.63. The third-order valence-corrected chi connectivity index (χ3v) is 4.52. The van der Waals surface area contributed by atoms with Crippen molar-refractivity contribution in [2.45, 2.75) is 43.9 Å². The van der Waals surface area contributed by atoms with Gasteiger partial charge in [0.25, 0.3) is 0 Å². The zero-order valence-electron chi connectivity index (χ0n) is 11.2. The van der Waals surface area contributed by atoms with Crippen LogP contribution in [0.25, 0.3) is 10.9 Å². The molecule has 2 aromatic rings. The molecule has 1 aliphatic rings. The predicted octanol–water partition coefficient (Wildman–Crippen LogP) is 4.97. The Morgan fingerprint density at radius 2 is 1.89 bits per heavy atom. The van der Waals surface area contributed by atoms with E-state index in [0.717, 1.165) is 18.4 Å². The largest absolute Gasteiger partial charge is 0.253 e. The van der Waals surface area contributed by atoms with Crippen LogP contribution in [0.2, 0.25) is 0 Å². The smallest absolute Gasteiger partial charge is 0.0705 e. The highest BCUT2D eigenvalue weighted by molar-refractivity contribution is 6.20. The summed E-state index contributed by atoms with van der Waals surface area (Å²) in [5.41, 5.74) is 2.32. The van der Waals surface area contributed by atoms with Gasteiger partial charge in [-0.15, -0.1) is 11.6 Å². The van der Waals surface area contributed by atoms with E-state index in [1.54, 1.807) is 0 Å². The van der Waals surface area contributed by atoms with E-state index in [4.69, 9.17) is 16.6 Å². The molecule has 0 aliphatic heterocycles. The molecule has 0 N–H and O–H groups in total. The number of rotatable bonds is 2. The monoisotopic (exact) mass is 273 g/mol. The van der Waals surface area contributed by atoms with Gasteiger partial charge < -0.3 is 0 Å². The number of fused-ring (bicyclic) bond motifs is 1. The molecule has 0 saturated heterocycles. The maximum Gasteiger partial charge on any atom is 0.0705 e. The lowest BCUT2D eigenvalue weighted by atomic mass is 9.94. The van der Waals surface area contributed by atoms with Crippen LogP contribution >= 0.6 is 11.6 Å². The number of para-hydroxylation sites is 1. The van der Waals surface area contributed by atoms with E-state index in [9.17, 15) is 0 Å². The first-order valence-corrected chi connectivity index (χ1v) is 7.73. The Labute approximate surface area is 120 Å². The first-order valence-electron chi connectivity index (χ1n) is 7.30. The van der Waals surface area contributed by atoms with E-state index >= 15 is 0 Å². The van der Waals surface area contributed by atoms with Gasteiger partial charge in [0.15, 0.2) is 0 Å². The van der Waals surface area contributed by atoms with E-state index in [0.29, 0.717) is 11.3 Å². The summed E-state index contributed by atoms with van der Waals surface area (Å²) in [5, 5.41) is 1.59. The molecule has 1 heterocycles. The molecule has 1 aliphatic carbocycles. The summed E-state index contributed by atoms with van der Waals surface area (Å²) in [6.07, 6.45) is 7.32. The van der Waals surface area contributed by atoms with Gasteiger partial charge in [0, 0.05) is 16.5 Å². The fourth-order valence-corrected chi connectivity index (χ4v) is 3.51. The Kier molecular flexibility index (Phi) is 4.03. The standard InChI is InChI=1S/C17H20ClN/c18-15-7-3-1-5-13(11-15)12-16-10-9-14-6-2-4-8-17(14)19-16/h2,4,6,8-10,13,15H,1,3,5,7,11-12H2. The molecule has 19 heavy (non-hydrogen) atoms. The van der Waals surface area contributed by atoms with E-state index in [1.165, 1.54) is 36.8 Å². The lowest BCUT2D eigenvalue weighted by Crippen LogP contribution is -2.09. The number of benzene rings is 1. The highest BCUT2D eigenvalue weighted by Crippen LogP contribution is 2.29. The second-order valence-corrected chi connectivity index (χ2v) is 6.30. The molecule has 1 fully saturated rings. The fraction of sp³-hybridized carbons (Fsp3) is 0.471. The van der Waals surface area contributed by atoms with Gasteiger partial charge in [-0.3, -0.25) is 4.98 Å². The Morgan fingerprint density at radius 1 is 1.05 bits per heavy atom. The summed E-state index contributed by atoms with van der Waals surface area (Å²) in [7, 11) is 0. The minimum Gasteiger partial charge on any atom is -0.253 e. The first-order chi connectivity index (χ1) is 9.31. The van der Waals surface area contributed by atoms with Crippen molar-refractivity contribution in [3.63, 3.8) is 0 Å². The highest BCUT2D eigenvalue weighted by Gasteiger charge is 2.19. The van der Waals surface area contributed by atoms with Crippen LogP contribution in [0, 0.1) is 5.92 Å². The first kappa shape index (κ1) is 12.9. The maximum absolute atomic E-state index is 6.36. The number of nitrogens with zero attached hydrogens (tertiary/aromatic N) is 1. The van der Waals surface area contributed by atoms with Crippen LogP contribution in [-0.4, -0.2) is 10.4 Å². The summed E-state index contributed by atoms with van der Waals surface area (Å²) < 4.78 is 0. The Bertz CT molecular complexity index is 552. The number of hydrogen-bond acceptors (Lipinski definition) is 1. The molecule has 0 bridgehead atoms. The van der Waals surface area contributed by atoms with Gasteiger partial charge >= 0.3 is 0 Å². The number of aromatic nitrogens is 1. The van der Waals surface area contributed by atoms with Crippen LogP contribution in [0.1, 0.15) is 37.8 Å². The van der Waals surface area contributed by atoms with Gasteiger partial charge in [-0.1, -0.05) is 43.5 Å². The zero-order chi connectivity index (χ0) is 13.1. The van der Waals surface area contributed by atoms with Crippen molar-refractivity contribution in [2.75, 3.05) is 0 Å². The predicted molar refractivity (Wildman–Crippen MR) is 81.7 cm³/mol. The molecular formula is C17H20ClN. The van der Waals surface area contributed by atoms with Crippen molar-refractivity contribution >= 4 is 22.5 Å². The van der Waals surface area contributed by atoms with Crippen molar-refractivity contribution in [1.82, 2.24) is 4.98 Å². The zero-order valence-corrected chi connectivity index (χ0v) is 11.9. The van der Waals surface area contributed by atoms with Crippen LogP contribution in [-0.2, 0) is 6.42 Å². The molecule has 0 radical (unpaired) electrons. The van der Waals surface area contributed by atoms with Crippen LogP contribution in [0.4, 0.5) is 0 Å². The third kappa shape index (κ3) is 3.27. The molecule has 1 aromatic heterocycles. The second-order valence-electron chi connectivity index (χ2n) is 5.68. The molecule has 0 spiro atoms. The molecule has 1 nitrogen and oxygen atoms in total. The van der Waals surface area contributed by atoms with Crippen LogP contribution in [0.15, 0.2) is 36.4 Å². The lowest BCUT2D eigenvalue weighted by molar-refractivity contribution is 0.456. The molecule has 1 aromatic carbocycles. The van der Waals surface area contributed by atoms with Gasteiger partial charge in [0.2, 0.25) is 0 Å². The second kappa shape index (κ2) is 5.92. The van der Waals surface area contributed by atoms with E-state index in [1.807, 2.05) is 0 Å². The minimum atomic E-state index is 0.368. The van der Waals surface area contributed by atoms with Gasteiger partial charge in [-0.25, -0.2) is 0 Å². The molecular weight excluding hydrogens is 254 g/mol. The Hall–Kier alpha value is -1.08. The van der Waals surface area contributed by atoms with Gasteiger partial charge in [-0.05, 0) is 37.3 Å². The van der Waals surface area contributed by atoms with Crippen molar-refractivity contribution in [1.29, 1.82) is 0 Å². The van der Waals surface area contributed by atoms with Crippen LogP contribution in [0.5, 0.6) is 0 Å². The normalized spacial score (nSPS) is 24.3. The topological polar surface area (TPSA) is 12.9 Å². The van der Waals surface area contributed by atoms with E-state index in [2.05, 4.69) is 36.4 Å². The van der Waals surface area contributed by atoms with Gasteiger partial charge in [0.1, 0.15) is 0 Å². The molecule has 1 saturated carbocycles. The van der Waals surface area contributed by atoms with Crippen molar-refractivity contribution in [2.24, 2.45) is 5.92 Å². The average molecular weight is 274 g/mol. The van der Waals surface area contributed by atoms with Crippen molar-refractivity contribution in [3.05, 3.63) is 42.1 Å². The number of alkyl halides is 1. The number of pyridine rings is 1. The quantitative estimate of drug-likeness (QED) is 0.556. The molecule has 2 heteroatoms. The molecule has 0 amide bonds. The van der Waals surface area contributed by atoms with Gasteiger partial charge in [0.05, 0.1) is 5.52 Å². The molecule has 2 unspecified atom stereocenters. The van der Waals surface area contributed by atoms with Crippen molar-refractivity contribution < 1.29 is 0 Å². The number of hydrogen-bond donors (Lipinski definition) is 0. The van der Waals surface area contributed by atoms with E-state index < -0.39 is 0 Å². The summed E-state index contributed by atoms with van der Waals surface area (Å²) in [6.45, 7) is 0. The lowest BCUT2D eigenvalue weighted by Gasteiger charge is -2.15. The summed E-state index contributed by atoms with van der Waals surface area (Å²) in [5.74, 6) is 0.707. The molecule has 3 rings (SSSR count). The summed E-state index contributed by atoms with van der Waals surface area (Å²) in [4.78, 5) is 4.78. The fourth-order valence-electron chi connectivity index (χ4n) is 3.10. The van der Waals surface area contributed by atoms with Crippen molar-refractivity contribution in [3.8, 4) is 0 Å². The van der Waals surface area contributed by atoms with E-state index in [-0.39, 0.29) is 0 Å². The minimum absolute atomic E-state index is 0.368. The third-order valence-electron chi connectivity index (χ3n) is 4.12. The summed E-state index contributed by atoms with van der Waals surface area (Å²) in [6, 6.07) is 12.7. The molecule has 100 valence electrons. The Balaban J connectivity index is 1.76. The SMILES string of the molecule is ClC1CCCCC(Cc2ccc3ccccc3n2)C1. The maximum atomic E-state index is 6.36. The highest BCUT2D eigenvalue weighted by atomic mass is 35.5. The van der Waals surface area contributed by atoms with Crippen LogP contribution < -0.4 is 0 Å². The molecule has 2 atom stereocenters. The van der Waals surface area contributed by atoms with Gasteiger partial charge in [-0.2, -0.15) is 0 Å². The number of halogens is 1.